The van der Waals surface area contributed by atoms with Crippen LogP contribution in [-0.4, -0.2) is 54.7 Å². The molecule has 2 N–H and O–H groups in total. The van der Waals surface area contributed by atoms with E-state index in [0.717, 1.165) is 35.1 Å². The smallest absolute Gasteiger partial charge is 0.325 e. The summed E-state index contributed by atoms with van der Waals surface area (Å²) in [6.07, 6.45) is 3.47. The number of amides is 1. The quantitative estimate of drug-likeness (QED) is 0.735. The van der Waals surface area contributed by atoms with E-state index in [4.69, 9.17) is 5.11 Å². The molecule has 1 saturated heterocycles. The molecule has 8 heteroatoms. The Labute approximate surface area is 155 Å². The first-order valence-electron chi connectivity index (χ1n) is 9.00. The number of aryl methyl sites for hydroxylation is 1. The van der Waals surface area contributed by atoms with Crippen LogP contribution in [0, 0.1) is 6.92 Å². The second-order valence-electron chi connectivity index (χ2n) is 7.03. The number of carboxylic acid groups (broad SMARTS) is 1. The molecule has 1 aromatic carbocycles. The number of carbonyl (C=O) groups excluding carboxylic acids is 1. The van der Waals surface area contributed by atoms with Gasteiger partial charge in [0.1, 0.15) is 6.54 Å². The molecule has 1 aliphatic heterocycles. The fourth-order valence-electron chi connectivity index (χ4n) is 3.60. The van der Waals surface area contributed by atoms with Crippen LogP contribution in [0.3, 0.4) is 0 Å². The van der Waals surface area contributed by atoms with Crippen LogP contribution in [-0.2, 0) is 11.3 Å². The van der Waals surface area contributed by atoms with Gasteiger partial charge in [-0.3, -0.25) is 14.3 Å². The Balaban J connectivity index is 1.50. The molecule has 1 amide bonds. The lowest BCUT2D eigenvalue weighted by molar-refractivity contribution is -0.137. The number of carbonyl (C=O) groups is 2. The highest BCUT2D eigenvalue weighted by Gasteiger charge is 2.28. The number of fused-ring (bicyclic) bond motifs is 1. The number of nitrogens with zero attached hydrogens (tertiary/aromatic N) is 4. The molecule has 0 aliphatic carbocycles. The van der Waals surface area contributed by atoms with E-state index in [-0.39, 0.29) is 18.4 Å². The summed E-state index contributed by atoms with van der Waals surface area (Å²) < 4.78 is 1.42. The van der Waals surface area contributed by atoms with Gasteiger partial charge in [0.05, 0.1) is 16.7 Å². The third kappa shape index (κ3) is 3.55. The van der Waals surface area contributed by atoms with Crippen molar-refractivity contribution in [3.05, 3.63) is 47.5 Å². The summed E-state index contributed by atoms with van der Waals surface area (Å²) in [4.78, 5) is 33.1. The zero-order valence-corrected chi connectivity index (χ0v) is 15.1. The molecule has 3 aromatic rings. The molecule has 0 spiro atoms. The van der Waals surface area contributed by atoms with Crippen molar-refractivity contribution in [2.45, 2.75) is 32.2 Å². The maximum Gasteiger partial charge on any atom is 0.325 e. The van der Waals surface area contributed by atoms with Crippen molar-refractivity contribution in [2.24, 2.45) is 0 Å². The number of H-pyrrole nitrogens is 1. The van der Waals surface area contributed by atoms with Crippen LogP contribution in [0.5, 0.6) is 0 Å². The summed E-state index contributed by atoms with van der Waals surface area (Å²) in [7, 11) is 0. The Morgan fingerprint density at radius 3 is 3.00 bits per heavy atom. The Bertz CT molecular complexity index is 1010. The van der Waals surface area contributed by atoms with Crippen LogP contribution in [0.15, 0.2) is 30.5 Å². The molecule has 0 unspecified atom stereocenters. The van der Waals surface area contributed by atoms with Crippen LogP contribution in [0.4, 0.5) is 0 Å². The minimum atomic E-state index is -0.926. The van der Waals surface area contributed by atoms with E-state index >= 15 is 0 Å². The van der Waals surface area contributed by atoms with Crippen LogP contribution >= 0.6 is 0 Å². The maximum atomic E-state index is 12.9. The first kappa shape index (κ1) is 17.3. The highest BCUT2D eigenvalue weighted by Crippen LogP contribution is 2.26. The van der Waals surface area contributed by atoms with E-state index in [2.05, 4.69) is 15.1 Å². The van der Waals surface area contributed by atoms with Gasteiger partial charge in [0, 0.05) is 25.2 Å². The van der Waals surface area contributed by atoms with Crippen LogP contribution in [0.1, 0.15) is 40.6 Å². The summed E-state index contributed by atoms with van der Waals surface area (Å²) in [5.74, 6) is -0.583. The topological polar surface area (TPSA) is 104 Å². The molecule has 0 radical (unpaired) electrons. The fourth-order valence-corrected chi connectivity index (χ4v) is 3.60. The van der Waals surface area contributed by atoms with Gasteiger partial charge in [0.2, 0.25) is 0 Å². The molecule has 140 valence electrons. The van der Waals surface area contributed by atoms with Crippen molar-refractivity contribution in [1.82, 2.24) is 24.6 Å². The van der Waals surface area contributed by atoms with E-state index < -0.39 is 5.97 Å². The van der Waals surface area contributed by atoms with E-state index in [9.17, 15) is 9.59 Å². The fraction of sp³-hybridized carbons (Fsp3) is 0.368. The van der Waals surface area contributed by atoms with Gasteiger partial charge >= 0.3 is 5.97 Å². The second-order valence-corrected chi connectivity index (χ2v) is 7.03. The van der Waals surface area contributed by atoms with Gasteiger partial charge in [0.15, 0.2) is 5.82 Å². The van der Waals surface area contributed by atoms with E-state index in [1.165, 1.54) is 4.68 Å². The van der Waals surface area contributed by atoms with Gasteiger partial charge in [-0.2, -0.15) is 5.10 Å². The molecule has 27 heavy (non-hydrogen) atoms. The molecular formula is C19H21N5O3. The van der Waals surface area contributed by atoms with Gasteiger partial charge in [-0.25, -0.2) is 4.98 Å². The Kier molecular flexibility index (Phi) is 4.39. The van der Waals surface area contributed by atoms with E-state index in [1.807, 2.05) is 31.2 Å². The van der Waals surface area contributed by atoms with E-state index in [0.29, 0.717) is 18.9 Å². The molecule has 8 nitrogen and oxygen atoms in total. The lowest BCUT2D eigenvalue weighted by Crippen LogP contribution is -2.39. The molecule has 3 heterocycles. The summed E-state index contributed by atoms with van der Waals surface area (Å²) in [5.41, 5.74) is 3.58. The molecule has 2 aromatic heterocycles. The number of hydrogen-bond donors (Lipinski definition) is 2. The second kappa shape index (κ2) is 6.86. The average Bonchev–Trinajstić information content (AvgIpc) is 3.27. The largest absolute Gasteiger partial charge is 0.480 e. The van der Waals surface area contributed by atoms with Gasteiger partial charge in [-0.05, 0) is 43.5 Å². The third-order valence-electron chi connectivity index (χ3n) is 4.93. The number of aromatic amines is 1. The lowest BCUT2D eigenvalue weighted by Gasteiger charge is -2.31. The highest BCUT2D eigenvalue weighted by molar-refractivity contribution is 5.94. The summed E-state index contributed by atoms with van der Waals surface area (Å²) >= 11 is 0. The predicted octanol–water partition coefficient (Wildman–Crippen LogP) is 2.17. The zero-order valence-electron chi connectivity index (χ0n) is 15.1. The first-order chi connectivity index (χ1) is 13.0. The standard InChI is InChI=1S/C19H21N5O3/c1-12-4-5-15-16(9-12)21-18(20-15)19(27)23-7-2-3-13(10-23)14-6-8-24(22-14)11-17(25)26/h4-6,8-9,13H,2-3,7,10-11H2,1H3,(H,20,21)(H,25,26)/t13-/m1/s1. The number of rotatable bonds is 4. The van der Waals surface area contributed by atoms with Gasteiger partial charge in [0.25, 0.3) is 5.91 Å². The summed E-state index contributed by atoms with van der Waals surface area (Å²) in [5, 5.41) is 13.2. The molecule has 1 atom stereocenters. The molecule has 4 rings (SSSR count). The Hall–Kier alpha value is -3.16. The van der Waals surface area contributed by atoms with Crippen molar-refractivity contribution < 1.29 is 14.7 Å². The highest BCUT2D eigenvalue weighted by atomic mass is 16.4. The lowest BCUT2D eigenvalue weighted by atomic mass is 9.95. The SMILES string of the molecule is Cc1ccc2nc(C(=O)N3CCC[C@@H](c4ccn(CC(=O)O)n4)C3)[nH]c2c1. The molecule has 0 saturated carbocycles. The van der Waals surface area contributed by atoms with Crippen LogP contribution in [0.2, 0.25) is 0 Å². The maximum absolute atomic E-state index is 12.9. The predicted molar refractivity (Wildman–Crippen MR) is 98.6 cm³/mol. The summed E-state index contributed by atoms with van der Waals surface area (Å²) in [6, 6.07) is 7.70. The normalized spacial score (nSPS) is 17.4. The number of carboxylic acids is 1. The minimum Gasteiger partial charge on any atom is -0.480 e. The van der Waals surface area contributed by atoms with Crippen molar-refractivity contribution in [2.75, 3.05) is 13.1 Å². The van der Waals surface area contributed by atoms with Gasteiger partial charge in [-0.1, -0.05) is 6.07 Å². The first-order valence-corrected chi connectivity index (χ1v) is 9.00. The number of piperidine rings is 1. The number of aliphatic carboxylic acids is 1. The van der Waals surface area contributed by atoms with Crippen molar-refractivity contribution in [3.63, 3.8) is 0 Å². The van der Waals surface area contributed by atoms with Crippen molar-refractivity contribution in [3.8, 4) is 0 Å². The number of aromatic nitrogens is 4. The Morgan fingerprint density at radius 2 is 2.19 bits per heavy atom. The number of imidazole rings is 1. The Morgan fingerprint density at radius 1 is 1.33 bits per heavy atom. The average molecular weight is 367 g/mol. The van der Waals surface area contributed by atoms with Crippen LogP contribution < -0.4 is 0 Å². The number of benzene rings is 1. The van der Waals surface area contributed by atoms with Crippen LogP contribution in [0.25, 0.3) is 11.0 Å². The van der Waals surface area contributed by atoms with Crippen molar-refractivity contribution in [1.29, 1.82) is 0 Å². The number of hydrogen-bond acceptors (Lipinski definition) is 4. The molecule has 1 fully saturated rings. The minimum absolute atomic E-state index is 0.101. The number of likely N-dealkylation sites (tertiary alicyclic amines) is 1. The molecule has 1 aliphatic rings. The molecular weight excluding hydrogens is 346 g/mol. The summed E-state index contributed by atoms with van der Waals surface area (Å²) in [6.45, 7) is 3.08. The van der Waals surface area contributed by atoms with E-state index in [1.54, 1.807) is 11.1 Å². The third-order valence-corrected chi connectivity index (χ3v) is 4.93. The van der Waals surface area contributed by atoms with Gasteiger partial charge in [-0.15, -0.1) is 0 Å². The zero-order chi connectivity index (χ0) is 19.0. The van der Waals surface area contributed by atoms with Gasteiger partial charge < -0.3 is 15.0 Å². The van der Waals surface area contributed by atoms with Crippen molar-refractivity contribution >= 4 is 22.9 Å². The molecule has 0 bridgehead atoms. The number of nitrogens with one attached hydrogen (secondary N) is 1. The monoisotopic (exact) mass is 367 g/mol.